The van der Waals surface area contributed by atoms with Crippen molar-refractivity contribution >= 4 is 33.0 Å². The summed E-state index contributed by atoms with van der Waals surface area (Å²) < 4.78 is 26.1. The van der Waals surface area contributed by atoms with Crippen LogP contribution in [0.25, 0.3) is 0 Å². The van der Waals surface area contributed by atoms with E-state index in [4.69, 9.17) is 0 Å². The number of rotatable bonds is 6. The zero-order chi connectivity index (χ0) is 17.0. The maximum absolute atomic E-state index is 12.4. The molecule has 1 aromatic carbocycles. The molecule has 1 heterocycles. The van der Waals surface area contributed by atoms with Crippen LogP contribution >= 0.6 is 11.3 Å². The molecule has 1 aromatic heterocycles. The molecule has 23 heavy (non-hydrogen) atoms. The number of nitrogens with zero attached hydrogens (tertiary/aromatic N) is 1. The molecule has 0 aliphatic rings. The third-order valence-electron chi connectivity index (χ3n) is 3.25. The fourth-order valence-corrected chi connectivity index (χ4v) is 4.68. The number of hydrogen-bond donors (Lipinski definition) is 2. The average molecular weight is 354 g/mol. The Morgan fingerprint density at radius 2 is 1.96 bits per heavy atom. The summed E-state index contributed by atoms with van der Waals surface area (Å²) in [7, 11) is -3.57. The summed E-state index contributed by atoms with van der Waals surface area (Å²) in [5, 5.41) is 13.5. The number of anilines is 1. The molecule has 0 spiro atoms. The van der Waals surface area contributed by atoms with Gasteiger partial charge in [-0.2, -0.15) is 4.31 Å². The Balaban J connectivity index is 2.20. The number of aromatic hydroxyl groups is 1. The number of phenols is 1. The van der Waals surface area contributed by atoms with Gasteiger partial charge < -0.3 is 10.4 Å². The molecular formula is C15H18N2O4S2. The first-order valence-electron chi connectivity index (χ1n) is 7.07. The van der Waals surface area contributed by atoms with E-state index in [9.17, 15) is 18.3 Å². The first-order chi connectivity index (χ1) is 10.9. The van der Waals surface area contributed by atoms with E-state index in [1.165, 1.54) is 27.9 Å². The van der Waals surface area contributed by atoms with Crippen molar-refractivity contribution < 1.29 is 18.3 Å². The molecule has 0 saturated carbocycles. The molecule has 0 atom stereocenters. The van der Waals surface area contributed by atoms with Gasteiger partial charge >= 0.3 is 0 Å². The normalized spacial score (nSPS) is 11.6. The van der Waals surface area contributed by atoms with Crippen LogP contribution in [0.5, 0.6) is 5.75 Å². The van der Waals surface area contributed by atoms with Crippen molar-refractivity contribution in [1.82, 2.24) is 4.31 Å². The van der Waals surface area contributed by atoms with E-state index in [1.807, 2.05) is 0 Å². The van der Waals surface area contributed by atoms with Gasteiger partial charge in [0.25, 0.3) is 5.91 Å². The molecule has 0 saturated heterocycles. The molecule has 1 amide bonds. The summed E-state index contributed by atoms with van der Waals surface area (Å²) in [6, 6.07) is 7.53. The van der Waals surface area contributed by atoms with Crippen LogP contribution in [-0.4, -0.2) is 36.8 Å². The van der Waals surface area contributed by atoms with Gasteiger partial charge in [-0.3, -0.25) is 4.79 Å². The van der Waals surface area contributed by atoms with Gasteiger partial charge in [0.15, 0.2) is 0 Å². The molecule has 0 fully saturated rings. The van der Waals surface area contributed by atoms with E-state index >= 15 is 0 Å². The molecule has 2 N–H and O–H groups in total. The number of carbonyl (C=O) groups is 1. The van der Waals surface area contributed by atoms with Crippen LogP contribution < -0.4 is 5.32 Å². The smallest absolute Gasteiger partial charge is 0.265 e. The lowest BCUT2D eigenvalue weighted by Crippen LogP contribution is -2.30. The van der Waals surface area contributed by atoms with Gasteiger partial charge in [-0.05, 0) is 18.2 Å². The third-order valence-corrected chi connectivity index (χ3v) is 6.35. The summed E-state index contributed by atoms with van der Waals surface area (Å²) in [5.74, 6) is -0.375. The Morgan fingerprint density at radius 1 is 1.26 bits per heavy atom. The summed E-state index contributed by atoms with van der Waals surface area (Å²) in [4.78, 5) is 12.6. The van der Waals surface area contributed by atoms with Gasteiger partial charge in [0.05, 0.1) is 9.77 Å². The van der Waals surface area contributed by atoms with Crippen LogP contribution in [0.1, 0.15) is 23.5 Å². The molecule has 0 aliphatic heterocycles. The highest BCUT2D eigenvalue weighted by atomic mass is 32.2. The minimum Gasteiger partial charge on any atom is -0.508 e. The van der Waals surface area contributed by atoms with Crippen LogP contribution in [0.2, 0.25) is 0 Å². The number of amides is 1. The fraction of sp³-hybridized carbons (Fsp3) is 0.267. The molecule has 0 unspecified atom stereocenters. The fourth-order valence-electron chi connectivity index (χ4n) is 2.06. The molecule has 0 bridgehead atoms. The minimum absolute atomic E-state index is 0.0405. The van der Waals surface area contributed by atoms with Gasteiger partial charge in [-0.25, -0.2) is 8.42 Å². The van der Waals surface area contributed by atoms with Crippen molar-refractivity contribution in [3.8, 4) is 5.75 Å². The second-order valence-corrected chi connectivity index (χ2v) is 7.59. The van der Waals surface area contributed by atoms with Gasteiger partial charge in [-0.1, -0.05) is 19.9 Å². The lowest BCUT2D eigenvalue weighted by atomic mass is 10.3. The quantitative estimate of drug-likeness (QED) is 0.835. The van der Waals surface area contributed by atoms with Crippen molar-refractivity contribution in [2.45, 2.75) is 18.7 Å². The topological polar surface area (TPSA) is 86.7 Å². The maximum Gasteiger partial charge on any atom is 0.265 e. The zero-order valence-corrected chi connectivity index (χ0v) is 14.4. The Labute approximate surface area is 139 Å². The Morgan fingerprint density at radius 3 is 2.57 bits per heavy atom. The third kappa shape index (κ3) is 3.90. The highest BCUT2D eigenvalue weighted by molar-refractivity contribution is 7.89. The van der Waals surface area contributed by atoms with Crippen LogP contribution in [0, 0.1) is 0 Å². The van der Waals surface area contributed by atoms with Crippen molar-refractivity contribution in [3.63, 3.8) is 0 Å². The van der Waals surface area contributed by atoms with E-state index in [0.29, 0.717) is 23.7 Å². The van der Waals surface area contributed by atoms with Gasteiger partial charge in [-0.15, -0.1) is 11.3 Å². The van der Waals surface area contributed by atoms with Crippen LogP contribution in [0.3, 0.4) is 0 Å². The van der Waals surface area contributed by atoms with Crippen molar-refractivity contribution in [1.29, 1.82) is 0 Å². The summed E-state index contributed by atoms with van der Waals surface area (Å²) in [6.45, 7) is 4.28. The molecule has 0 radical (unpaired) electrons. The molecule has 124 valence electrons. The van der Waals surface area contributed by atoms with Crippen molar-refractivity contribution in [3.05, 3.63) is 40.6 Å². The van der Waals surface area contributed by atoms with E-state index in [1.54, 1.807) is 26.0 Å². The number of carbonyl (C=O) groups excluding carboxylic acids is 1. The van der Waals surface area contributed by atoms with E-state index in [-0.39, 0.29) is 10.6 Å². The van der Waals surface area contributed by atoms with E-state index < -0.39 is 15.9 Å². The molecular weight excluding hydrogens is 336 g/mol. The number of phenolic OH excluding ortho intramolecular Hbond substituents is 1. The second-order valence-electron chi connectivity index (χ2n) is 4.74. The van der Waals surface area contributed by atoms with Crippen molar-refractivity contribution in [2.75, 3.05) is 18.4 Å². The molecule has 6 nitrogen and oxygen atoms in total. The number of nitrogens with one attached hydrogen (secondary N) is 1. The van der Waals surface area contributed by atoms with Crippen LogP contribution in [0.4, 0.5) is 5.69 Å². The molecule has 2 rings (SSSR count). The first kappa shape index (κ1) is 17.5. The summed E-state index contributed by atoms with van der Waals surface area (Å²) in [6.07, 6.45) is 0. The number of hydrogen-bond acceptors (Lipinski definition) is 5. The highest BCUT2D eigenvalue weighted by Gasteiger charge is 2.24. The highest BCUT2D eigenvalue weighted by Crippen LogP contribution is 2.24. The van der Waals surface area contributed by atoms with Gasteiger partial charge in [0.2, 0.25) is 10.0 Å². The summed E-state index contributed by atoms with van der Waals surface area (Å²) >= 11 is 1.07. The van der Waals surface area contributed by atoms with Crippen LogP contribution in [-0.2, 0) is 10.0 Å². The maximum atomic E-state index is 12.4. The zero-order valence-electron chi connectivity index (χ0n) is 12.8. The summed E-state index contributed by atoms with van der Waals surface area (Å²) in [5.41, 5.74) is 0.441. The Kier molecular flexibility index (Phi) is 5.40. The standard InChI is InChI=1S/C15H18N2O4S2/c1-3-17(4-2)23(20,21)13-9-14(22-10-13)15(19)16-11-6-5-7-12(18)8-11/h5-10,18H,3-4H2,1-2H3,(H,16,19). The minimum atomic E-state index is -3.57. The SMILES string of the molecule is CCN(CC)S(=O)(=O)c1csc(C(=O)Nc2cccc(O)c2)c1. The van der Waals surface area contributed by atoms with E-state index in [0.717, 1.165) is 11.3 Å². The lowest BCUT2D eigenvalue weighted by molar-refractivity contribution is 0.103. The predicted octanol–water partition coefficient (Wildman–Crippen LogP) is 2.74. The monoisotopic (exact) mass is 354 g/mol. The predicted molar refractivity (Wildman–Crippen MR) is 90.5 cm³/mol. The number of benzene rings is 1. The van der Waals surface area contributed by atoms with Gasteiger partial charge in [0, 0.05) is 30.2 Å². The number of sulfonamides is 1. The number of thiophene rings is 1. The second kappa shape index (κ2) is 7.12. The van der Waals surface area contributed by atoms with E-state index in [2.05, 4.69) is 5.32 Å². The molecule has 8 heteroatoms. The van der Waals surface area contributed by atoms with Crippen LogP contribution in [0.15, 0.2) is 40.6 Å². The van der Waals surface area contributed by atoms with Gasteiger partial charge in [0.1, 0.15) is 5.75 Å². The largest absolute Gasteiger partial charge is 0.508 e. The lowest BCUT2D eigenvalue weighted by Gasteiger charge is -2.17. The molecule has 0 aliphatic carbocycles. The van der Waals surface area contributed by atoms with Crippen molar-refractivity contribution in [2.24, 2.45) is 0 Å². The average Bonchev–Trinajstić information content (AvgIpc) is 2.99. The molecule has 2 aromatic rings. The Hall–Kier alpha value is -1.90. The first-order valence-corrected chi connectivity index (χ1v) is 9.39. The Bertz CT molecular complexity index is 795.